The van der Waals surface area contributed by atoms with Gasteiger partial charge in [0.1, 0.15) is 5.82 Å². The Morgan fingerprint density at radius 3 is 2.79 bits per heavy atom. The summed E-state index contributed by atoms with van der Waals surface area (Å²) < 4.78 is 1.74. The zero-order valence-corrected chi connectivity index (χ0v) is 8.01. The van der Waals surface area contributed by atoms with Gasteiger partial charge in [-0.3, -0.25) is 4.98 Å². The smallest absolute Gasteiger partial charge is 0.122 e. The van der Waals surface area contributed by atoms with Gasteiger partial charge in [-0.25, -0.2) is 4.68 Å². The van der Waals surface area contributed by atoms with Crippen LogP contribution >= 0.6 is 0 Å². The van der Waals surface area contributed by atoms with Crippen LogP contribution in [0.5, 0.6) is 0 Å². The van der Waals surface area contributed by atoms with Crippen LogP contribution in [-0.4, -0.2) is 14.8 Å². The second kappa shape index (κ2) is 3.49. The Morgan fingerprint density at radius 2 is 2.21 bits per heavy atom. The molecule has 0 aromatic carbocycles. The van der Waals surface area contributed by atoms with Crippen LogP contribution in [0.3, 0.4) is 0 Å². The summed E-state index contributed by atoms with van der Waals surface area (Å²) in [6.07, 6.45) is 3.54. The lowest BCUT2D eigenvalue weighted by Crippen LogP contribution is -2.05. The van der Waals surface area contributed by atoms with E-state index in [1.54, 1.807) is 16.9 Å². The van der Waals surface area contributed by atoms with E-state index in [0.717, 1.165) is 11.3 Å². The van der Waals surface area contributed by atoms with Crippen LogP contribution in [0.2, 0.25) is 0 Å². The first kappa shape index (κ1) is 8.74. The average Bonchev–Trinajstić information content (AvgIpc) is 2.56. The van der Waals surface area contributed by atoms with Gasteiger partial charge in [-0.15, -0.1) is 0 Å². The Hall–Kier alpha value is -1.84. The summed E-state index contributed by atoms with van der Waals surface area (Å²) in [6, 6.07) is 5.79. The van der Waals surface area contributed by atoms with E-state index in [1.165, 1.54) is 0 Å². The Balaban J connectivity index is 2.19. The molecule has 0 aliphatic carbocycles. The molecule has 14 heavy (non-hydrogen) atoms. The lowest BCUT2D eigenvalue weighted by atomic mass is 10.2. The van der Waals surface area contributed by atoms with E-state index in [1.807, 2.05) is 25.3 Å². The molecule has 0 aliphatic rings. The highest BCUT2D eigenvalue weighted by Crippen LogP contribution is 2.05. The molecule has 0 atom stereocenters. The van der Waals surface area contributed by atoms with Gasteiger partial charge < -0.3 is 5.73 Å². The van der Waals surface area contributed by atoms with E-state index in [4.69, 9.17) is 5.73 Å². The van der Waals surface area contributed by atoms with Gasteiger partial charge in [0, 0.05) is 11.9 Å². The number of aromatic nitrogens is 3. The maximum absolute atomic E-state index is 5.70. The van der Waals surface area contributed by atoms with Crippen LogP contribution in [-0.2, 0) is 6.54 Å². The summed E-state index contributed by atoms with van der Waals surface area (Å²) in [5, 5.41) is 4.10. The summed E-state index contributed by atoms with van der Waals surface area (Å²) in [5.74, 6) is 0.672. The lowest BCUT2D eigenvalue weighted by molar-refractivity contribution is 0.694. The minimum Gasteiger partial charge on any atom is -0.384 e. The first-order chi connectivity index (χ1) is 6.75. The highest BCUT2D eigenvalue weighted by molar-refractivity contribution is 5.27. The number of nitrogens with zero attached hydrogens (tertiary/aromatic N) is 3. The molecule has 0 saturated heterocycles. The third kappa shape index (κ3) is 1.74. The zero-order valence-electron chi connectivity index (χ0n) is 8.01. The normalized spacial score (nSPS) is 10.4. The molecule has 2 aromatic heterocycles. The number of hydrogen-bond acceptors (Lipinski definition) is 3. The molecule has 0 bridgehead atoms. The fraction of sp³-hybridized carbons (Fsp3) is 0.200. The Labute approximate surface area is 82.4 Å². The molecule has 2 aromatic rings. The number of anilines is 1. The van der Waals surface area contributed by atoms with Gasteiger partial charge >= 0.3 is 0 Å². The van der Waals surface area contributed by atoms with E-state index in [-0.39, 0.29) is 0 Å². The van der Waals surface area contributed by atoms with Crippen molar-refractivity contribution in [2.75, 3.05) is 5.73 Å². The quantitative estimate of drug-likeness (QED) is 0.770. The minimum atomic E-state index is 0.672. The second-order valence-corrected chi connectivity index (χ2v) is 3.22. The van der Waals surface area contributed by atoms with E-state index < -0.39 is 0 Å². The summed E-state index contributed by atoms with van der Waals surface area (Å²) in [5.41, 5.74) is 7.82. The molecule has 4 heteroatoms. The van der Waals surface area contributed by atoms with E-state index in [9.17, 15) is 0 Å². The fourth-order valence-electron chi connectivity index (χ4n) is 1.24. The van der Waals surface area contributed by atoms with Crippen molar-refractivity contribution in [1.82, 2.24) is 14.8 Å². The fourth-order valence-corrected chi connectivity index (χ4v) is 1.24. The predicted octanol–water partition coefficient (Wildman–Crippen LogP) is 1.22. The first-order valence-electron chi connectivity index (χ1n) is 4.44. The first-order valence-corrected chi connectivity index (χ1v) is 4.44. The summed E-state index contributed by atoms with van der Waals surface area (Å²) in [6.45, 7) is 2.64. The molecule has 0 aliphatic heterocycles. The van der Waals surface area contributed by atoms with E-state index in [0.29, 0.717) is 12.4 Å². The molecule has 0 unspecified atom stereocenters. The average molecular weight is 188 g/mol. The molecule has 0 saturated carbocycles. The van der Waals surface area contributed by atoms with Crippen molar-refractivity contribution in [3.8, 4) is 0 Å². The largest absolute Gasteiger partial charge is 0.384 e. The van der Waals surface area contributed by atoms with Crippen molar-refractivity contribution in [2.24, 2.45) is 0 Å². The highest BCUT2D eigenvalue weighted by Gasteiger charge is 1.99. The van der Waals surface area contributed by atoms with Crippen molar-refractivity contribution in [3.05, 3.63) is 41.9 Å². The monoisotopic (exact) mass is 188 g/mol. The molecule has 2 heterocycles. The molecule has 0 amide bonds. The maximum Gasteiger partial charge on any atom is 0.122 e. The highest BCUT2D eigenvalue weighted by atomic mass is 15.3. The lowest BCUT2D eigenvalue weighted by Gasteiger charge is -2.03. The van der Waals surface area contributed by atoms with E-state index >= 15 is 0 Å². The van der Waals surface area contributed by atoms with Crippen molar-refractivity contribution in [1.29, 1.82) is 0 Å². The molecule has 0 fully saturated rings. The van der Waals surface area contributed by atoms with Crippen molar-refractivity contribution < 1.29 is 0 Å². The molecule has 0 spiro atoms. The van der Waals surface area contributed by atoms with Gasteiger partial charge in [-0.2, -0.15) is 5.10 Å². The molecule has 72 valence electrons. The van der Waals surface area contributed by atoms with Crippen LogP contribution in [0.4, 0.5) is 5.82 Å². The van der Waals surface area contributed by atoms with Crippen LogP contribution in [0.25, 0.3) is 0 Å². The van der Waals surface area contributed by atoms with Gasteiger partial charge in [-0.05, 0) is 24.6 Å². The third-order valence-electron chi connectivity index (χ3n) is 2.05. The van der Waals surface area contributed by atoms with Crippen LogP contribution in [0.15, 0.2) is 30.6 Å². The zero-order chi connectivity index (χ0) is 9.97. The van der Waals surface area contributed by atoms with Gasteiger partial charge in [0.2, 0.25) is 0 Å². The standard InChI is InChI=1S/C10H12N4/c1-8-2-3-9(6-12-8)7-14-10(11)4-5-13-14/h2-6H,7,11H2,1H3. The van der Waals surface area contributed by atoms with Gasteiger partial charge in [0.05, 0.1) is 12.7 Å². The van der Waals surface area contributed by atoms with Gasteiger partial charge in [0.15, 0.2) is 0 Å². The van der Waals surface area contributed by atoms with Crippen LogP contribution in [0, 0.1) is 6.92 Å². The Bertz CT molecular complexity index is 416. The SMILES string of the molecule is Cc1ccc(Cn2nccc2N)cn1. The van der Waals surface area contributed by atoms with Crippen molar-refractivity contribution in [3.63, 3.8) is 0 Å². The summed E-state index contributed by atoms with van der Waals surface area (Å²) in [7, 11) is 0. The van der Waals surface area contributed by atoms with E-state index in [2.05, 4.69) is 10.1 Å². The molecule has 4 nitrogen and oxygen atoms in total. The topological polar surface area (TPSA) is 56.7 Å². The van der Waals surface area contributed by atoms with Crippen molar-refractivity contribution >= 4 is 5.82 Å². The number of hydrogen-bond donors (Lipinski definition) is 1. The predicted molar refractivity (Wildman–Crippen MR) is 54.7 cm³/mol. The molecular formula is C10H12N4. The summed E-state index contributed by atoms with van der Waals surface area (Å²) in [4.78, 5) is 4.21. The van der Waals surface area contributed by atoms with Crippen LogP contribution in [0.1, 0.15) is 11.3 Å². The molecule has 2 rings (SSSR count). The summed E-state index contributed by atoms with van der Waals surface area (Å²) >= 11 is 0. The number of aryl methyl sites for hydroxylation is 1. The number of rotatable bonds is 2. The Morgan fingerprint density at radius 1 is 1.36 bits per heavy atom. The minimum absolute atomic E-state index is 0.672. The molecule has 2 N–H and O–H groups in total. The third-order valence-corrected chi connectivity index (χ3v) is 2.05. The number of nitrogen functional groups attached to an aromatic ring is 1. The number of nitrogens with two attached hydrogens (primary N) is 1. The Kier molecular flexibility index (Phi) is 2.18. The number of pyridine rings is 1. The molecular weight excluding hydrogens is 176 g/mol. The van der Waals surface area contributed by atoms with Crippen LogP contribution < -0.4 is 5.73 Å². The van der Waals surface area contributed by atoms with Crippen molar-refractivity contribution in [2.45, 2.75) is 13.5 Å². The second-order valence-electron chi connectivity index (χ2n) is 3.22. The van der Waals surface area contributed by atoms with Gasteiger partial charge in [-0.1, -0.05) is 6.07 Å². The molecule has 0 radical (unpaired) electrons. The maximum atomic E-state index is 5.70. The van der Waals surface area contributed by atoms with Gasteiger partial charge in [0.25, 0.3) is 0 Å².